The molecule has 0 radical (unpaired) electrons. The summed E-state index contributed by atoms with van der Waals surface area (Å²) < 4.78 is 44.6. The number of unbranched alkanes of at least 4 members (excludes halogenated alkanes) is 1. The van der Waals surface area contributed by atoms with Gasteiger partial charge in [-0.3, -0.25) is 5.32 Å². The van der Waals surface area contributed by atoms with Crippen molar-refractivity contribution in [2.24, 2.45) is 5.92 Å². The van der Waals surface area contributed by atoms with Crippen LogP contribution in [-0.2, 0) is 9.53 Å². The van der Waals surface area contributed by atoms with E-state index in [1.165, 1.54) is 0 Å². The second-order valence-electron chi connectivity index (χ2n) is 5.83. The Morgan fingerprint density at radius 1 is 1.15 bits per heavy atom. The SMILES string of the molecule is COC(=O)C(CCCCC(C)C)(NC(C)C)C(F)(F)F. The number of esters is 1. The number of hydrogen-bond acceptors (Lipinski definition) is 3. The van der Waals surface area contributed by atoms with Crippen molar-refractivity contribution < 1.29 is 22.7 Å². The summed E-state index contributed by atoms with van der Waals surface area (Å²) in [5.41, 5.74) is -2.60. The predicted molar refractivity (Wildman–Crippen MR) is 72.4 cm³/mol. The molecule has 0 rings (SSSR count). The Hall–Kier alpha value is -0.780. The third kappa shape index (κ3) is 5.31. The summed E-state index contributed by atoms with van der Waals surface area (Å²) in [6.45, 7) is 7.20. The van der Waals surface area contributed by atoms with Crippen LogP contribution in [-0.4, -0.2) is 30.8 Å². The van der Waals surface area contributed by atoms with Crippen LogP contribution in [0.15, 0.2) is 0 Å². The number of nitrogens with one attached hydrogen (secondary N) is 1. The standard InChI is InChI=1S/C14H26F3NO2/c1-10(2)8-6-7-9-13(12(19)20-5,14(15,16)17)18-11(3)4/h10-11,18H,6-9H2,1-5H3. The third-order valence-electron chi connectivity index (χ3n) is 3.14. The fraction of sp³-hybridized carbons (Fsp3) is 0.929. The first-order valence-corrected chi connectivity index (χ1v) is 6.99. The van der Waals surface area contributed by atoms with Gasteiger partial charge in [0.25, 0.3) is 0 Å². The molecule has 20 heavy (non-hydrogen) atoms. The van der Waals surface area contributed by atoms with Crippen LogP contribution in [0, 0.1) is 5.92 Å². The van der Waals surface area contributed by atoms with E-state index in [1.807, 2.05) is 13.8 Å². The molecule has 6 heteroatoms. The molecule has 3 nitrogen and oxygen atoms in total. The summed E-state index contributed by atoms with van der Waals surface area (Å²) in [5.74, 6) is -0.824. The molecule has 0 saturated carbocycles. The molecule has 1 N–H and O–H groups in total. The first-order valence-electron chi connectivity index (χ1n) is 6.99. The van der Waals surface area contributed by atoms with E-state index in [9.17, 15) is 18.0 Å². The highest BCUT2D eigenvalue weighted by Gasteiger charge is 2.61. The van der Waals surface area contributed by atoms with Gasteiger partial charge in [0, 0.05) is 6.04 Å². The predicted octanol–water partition coefficient (Wildman–Crippen LogP) is 3.67. The van der Waals surface area contributed by atoms with Gasteiger partial charge in [-0.05, 0) is 26.2 Å². The highest BCUT2D eigenvalue weighted by atomic mass is 19.4. The van der Waals surface area contributed by atoms with E-state index in [2.05, 4.69) is 10.1 Å². The highest BCUT2D eigenvalue weighted by molar-refractivity contribution is 5.82. The number of halogens is 3. The van der Waals surface area contributed by atoms with E-state index in [0.717, 1.165) is 13.5 Å². The van der Waals surface area contributed by atoms with Crippen LogP contribution < -0.4 is 5.32 Å². The van der Waals surface area contributed by atoms with Crippen LogP contribution in [0.2, 0.25) is 0 Å². The normalized spacial score (nSPS) is 15.5. The molecule has 0 aromatic heterocycles. The molecule has 0 saturated heterocycles. The Morgan fingerprint density at radius 3 is 2.05 bits per heavy atom. The Bertz CT molecular complexity index is 303. The van der Waals surface area contributed by atoms with Crippen molar-refractivity contribution in [2.45, 2.75) is 71.1 Å². The molecule has 1 unspecified atom stereocenters. The largest absolute Gasteiger partial charge is 0.467 e. The molecule has 0 spiro atoms. The number of rotatable bonds is 8. The quantitative estimate of drug-likeness (QED) is 0.548. The minimum Gasteiger partial charge on any atom is -0.467 e. The topological polar surface area (TPSA) is 38.3 Å². The lowest BCUT2D eigenvalue weighted by Crippen LogP contribution is -2.64. The molecule has 0 aromatic carbocycles. The van der Waals surface area contributed by atoms with Gasteiger partial charge in [-0.25, -0.2) is 4.79 Å². The van der Waals surface area contributed by atoms with E-state index >= 15 is 0 Å². The summed E-state index contributed by atoms with van der Waals surface area (Å²) in [7, 11) is 0.985. The van der Waals surface area contributed by atoms with E-state index in [0.29, 0.717) is 18.8 Å². The molecule has 0 amide bonds. The lowest BCUT2D eigenvalue weighted by molar-refractivity contribution is -0.215. The van der Waals surface area contributed by atoms with Gasteiger partial charge in [-0.15, -0.1) is 0 Å². The average molecular weight is 297 g/mol. The summed E-state index contributed by atoms with van der Waals surface area (Å²) >= 11 is 0. The van der Waals surface area contributed by atoms with E-state index < -0.39 is 23.7 Å². The maximum Gasteiger partial charge on any atom is 0.417 e. The molecule has 0 aromatic rings. The van der Waals surface area contributed by atoms with Crippen LogP contribution in [0.1, 0.15) is 53.4 Å². The van der Waals surface area contributed by atoms with Crippen LogP contribution in [0.25, 0.3) is 0 Å². The monoisotopic (exact) mass is 297 g/mol. The van der Waals surface area contributed by atoms with Gasteiger partial charge >= 0.3 is 12.1 Å². The molecule has 1 atom stereocenters. The van der Waals surface area contributed by atoms with Crippen LogP contribution in [0.3, 0.4) is 0 Å². The molecular weight excluding hydrogens is 271 g/mol. The zero-order valence-electron chi connectivity index (χ0n) is 12.9. The fourth-order valence-electron chi connectivity index (χ4n) is 2.18. The van der Waals surface area contributed by atoms with Crippen molar-refractivity contribution in [3.05, 3.63) is 0 Å². The van der Waals surface area contributed by atoms with Crippen LogP contribution >= 0.6 is 0 Å². The Labute approximate surface area is 119 Å². The fourth-order valence-corrected chi connectivity index (χ4v) is 2.18. The van der Waals surface area contributed by atoms with Gasteiger partial charge in [0.15, 0.2) is 0 Å². The first-order chi connectivity index (χ1) is 9.06. The summed E-state index contributed by atoms with van der Waals surface area (Å²) in [4.78, 5) is 11.7. The number of carbonyl (C=O) groups is 1. The van der Waals surface area contributed by atoms with Crippen LogP contribution in [0.5, 0.6) is 0 Å². The maximum atomic E-state index is 13.4. The average Bonchev–Trinajstić information content (AvgIpc) is 2.29. The molecule has 0 heterocycles. The molecular formula is C14H26F3NO2. The summed E-state index contributed by atoms with van der Waals surface area (Å²) in [5, 5.41) is 2.37. The zero-order chi connectivity index (χ0) is 16.0. The maximum absolute atomic E-state index is 13.4. The summed E-state index contributed by atoms with van der Waals surface area (Å²) in [6.07, 6.45) is -3.15. The van der Waals surface area contributed by atoms with Gasteiger partial charge in [0.05, 0.1) is 7.11 Å². The zero-order valence-corrected chi connectivity index (χ0v) is 12.9. The van der Waals surface area contributed by atoms with E-state index in [4.69, 9.17) is 0 Å². The number of ether oxygens (including phenoxy) is 1. The molecule has 0 aliphatic heterocycles. The number of carbonyl (C=O) groups excluding carboxylic acids is 1. The van der Waals surface area contributed by atoms with Crippen molar-refractivity contribution in [1.29, 1.82) is 0 Å². The Morgan fingerprint density at radius 2 is 1.70 bits per heavy atom. The van der Waals surface area contributed by atoms with Gasteiger partial charge in [-0.1, -0.05) is 33.1 Å². The van der Waals surface area contributed by atoms with Crippen molar-refractivity contribution in [3.8, 4) is 0 Å². The van der Waals surface area contributed by atoms with Gasteiger partial charge in [0.2, 0.25) is 5.54 Å². The molecule has 0 bridgehead atoms. The Kier molecular flexibility index (Phi) is 7.55. The minimum absolute atomic E-state index is 0.298. The molecule has 0 fully saturated rings. The lowest BCUT2D eigenvalue weighted by Gasteiger charge is -2.35. The molecule has 0 aliphatic carbocycles. The Balaban J connectivity index is 5.05. The second kappa shape index (κ2) is 7.86. The van der Waals surface area contributed by atoms with Crippen molar-refractivity contribution in [3.63, 3.8) is 0 Å². The molecule has 0 aliphatic rings. The number of alkyl halides is 3. The van der Waals surface area contributed by atoms with Crippen molar-refractivity contribution >= 4 is 5.97 Å². The first kappa shape index (κ1) is 19.2. The second-order valence-corrected chi connectivity index (χ2v) is 5.83. The van der Waals surface area contributed by atoms with Crippen LogP contribution in [0.4, 0.5) is 13.2 Å². The smallest absolute Gasteiger partial charge is 0.417 e. The minimum atomic E-state index is -4.68. The summed E-state index contributed by atoms with van der Waals surface area (Å²) in [6, 6.07) is -0.471. The van der Waals surface area contributed by atoms with Crippen molar-refractivity contribution in [2.75, 3.05) is 7.11 Å². The van der Waals surface area contributed by atoms with Gasteiger partial charge in [-0.2, -0.15) is 13.2 Å². The third-order valence-corrected chi connectivity index (χ3v) is 3.14. The number of methoxy groups -OCH3 is 1. The van der Waals surface area contributed by atoms with Gasteiger partial charge < -0.3 is 4.74 Å². The number of hydrogen-bond donors (Lipinski definition) is 1. The van der Waals surface area contributed by atoms with Crippen molar-refractivity contribution in [1.82, 2.24) is 5.32 Å². The lowest BCUT2D eigenvalue weighted by atomic mass is 9.89. The van der Waals surface area contributed by atoms with Gasteiger partial charge in [0.1, 0.15) is 0 Å². The highest BCUT2D eigenvalue weighted by Crippen LogP contribution is 2.36. The van der Waals surface area contributed by atoms with E-state index in [-0.39, 0.29) is 6.42 Å². The molecule has 120 valence electrons. The van der Waals surface area contributed by atoms with E-state index in [1.54, 1.807) is 13.8 Å².